The largest absolute Gasteiger partial charge is 0.455 e. The maximum Gasteiger partial charge on any atom is 0.338 e. The van der Waals surface area contributed by atoms with E-state index in [0.717, 1.165) is 12.8 Å². The smallest absolute Gasteiger partial charge is 0.338 e. The van der Waals surface area contributed by atoms with Gasteiger partial charge in [0.2, 0.25) is 0 Å². The highest BCUT2D eigenvalue weighted by Gasteiger charge is 2.22. The van der Waals surface area contributed by atoms with E-state index in [4.69, 9.17) is 9.84 Å². The van der Waals surface area contributed by atoms with Crippen molar-refractivity contribution < 1.29 is 14.6 Å². The predicted molar refractivity (Wildman–Crippen MR) is 49.1 cm³/mol. The molecular formula is C10H14O3. The lowest BCUT2D eigenvalue weighted by atomic mass is 10.1. The molecule has 1 N–H and O–H groups in total. The zero-order valence-electron chi connectivity index (χ0n) is 7.69. The van der Waals surface area contributed by atoms with E-state index in [-0.39, 0.29) is 18.7 Å². The molecule has 0 aromatic heterocycles. The lowest BCUT2D eigenvalue weighted by molar-refractivity contribution is -0.139. The standard InChI is InChI=1S/C10H14O3/c1-2-4-9-7-8(5-3-6-11)10(12)13-9/h3,5,7,9,11H,2,4,6H2,1H3/b5-3+/t9-/m0/s1. The summed E-state index contributed by atoms with van der Waals surface area (Å²) in [7, 11) is 0. The summed E-state index contributed by atoms with van der Waals surface area (Å²) in [6.07, 6.45) is 6.71. The molecule has 0 aliphatic carbocycles. The third kappa shape index (κ3) is 2.70. The SMILES string of the molecule is CCC[C@H]1C=C(/C=C/CO)C(=O)O1. The van der Waals surface area contributed by atoms with Gasteiger partial charge in [0.1, 0.15) is 6.10 Å². The van der Waals surface area contributed by atoms with Crippen molar-refractivity contribution in [3.05, 3.63) is 23.8 Å². The van der Waals surface area contributed by atoms with Crippen LogP contribution in [-0.4, -0.2) is 23.8 Å². The van der Waals surface area contributed by atoms with Gasteiger partial charge in [-0.2, -0.15) is 0 Å². The molecule has 3 nitrogen and oxygen atoms in total. The monoisotopic (exact) mass is 182 g/mol. The van der Waals surface area contributed by atoms with Crippen LogP contribution in [0.15, 0.2) is 23.8 Å². The van der Waals surface area contributed by atoms with Gasteiger partial charge in [-0.05, 0) is 18.6 Å². The Kier molecular flexibility index (Phi) is 3.71. The summed E-state index contributed by atoms with van der Waals surface area (Å²) in [6, 6.07) is 0. The van der Waals surface area contributed by atoms with Gasteiger partial charge in [0, 0.05) is 0 Å². The summed E-state index contributed by atoms with van der Waals surface area (Å²) < 4.78 is 5.05. The zero-order valence-corrected chi connectivity index (χ0v) is 7.69. The van der Waals surface area contributed by atoms with Gasteiger partial charge >= 0.3 is 5.97 Å². The Labute approximate surface area is 77.7 Å². The van der Waals surface area contributed by atoms with Crippen molar-refractivity contribution in [2.75, 3.05) is 6.61 Å². The zero-order chi connectivity index (χ0) is 9.68. The molecule has 0 amide bonds. The van der Waals surface area contributed by atoms with Gasteiger partial charge in [-0.25, -0.2) is 4.79 Å². The molecule has 0 bridgehead atoms. The van der Waals surface area contributed by atoms with Crippen molar-refractivity contribution in [3.63, 3.8) is 0 Å². The van der Waals surface area contributed by atoms with Crippen molar-refractivity contribution in [1.29, 1.82) is 0 Å². The molecule has 0 aromatic carbocycles. The Hall–Kier alpha value is -1.09. The normalized spacial score (nSPS) is 22.2. The van der Waals surface area contributed by atoms with Crippen molar-refractivity contribution in [3.8, 4) is 0 Å². The van der Waals surface area contributed by atoms with E-state index in [9.17, 15) is 4.79 Å². The predicted octanol–water partition coefficient (Wildman–Crippen LogP) is 1.19. The van der Waals surface area contributed by atoms with E-state index in [1.807, 2.05) is 6.92 Å². The van der Waals surface area contributed by atoms with Gasteiger partial charge in [0.25, 0.3) is 0 Å². The minimum Gasteiger partial charge on any atom is -0.455 e. The molecule has 0 spiro atoms. The van der Waals surface area contributed by atoms with Crippen LogP contribution in [0.1, 0.15) is 19.8 Å². The van der Waals surface area contributed by atoms with Gasteiger partial charge < -0.3 is 9.84 Å². The van der Waals surface area contributed by atoms with Crippen LogP contribution in [0, 0.1) is 0 Å². The van der Waals surface area contributed by atoms with Gasteiger partial charge in [-0.1, -0.05) is 19.4 Å². The van der Waals surface area contributed by atoms with Crippen LogP contribution in [-0.2, 0) is 9.53 Å². The molecule has 72 valence electrons. The minimum absolute atomic E-state index is 0.0525. The first kappa shape index (κ1) is 9.99. The lowest BCUT2D eigenvalue weighted by Gasteiger charge is -2.04. The number of ether oxygens (including phenoxy) is 1. The highest BCUT2D eigenvalue weighted by atomic mass is 16.5. The van der Waals surface area contributed by atoms with Crippen LogP contribution in [0.25, 0.3) is 0 Å². The van der Waals surface area contributed by atoms with E-state index >= 15 is 0 Å². The first-order valence-corrected chi connectivity index (χ1v) is 4.48. The number of aliphatic hydroxyl groups excluding tert-OH is 1. The Morgan fingerprint density at radius 3 is 3.08 bits per heavy atom. The van der Waals surface area contributed by atoms with Crippen molar-refractivity contribution in [2.24, 2.45) is 0 Å². The number of hydrogen-bond acceptors (Lipinski definition) is 3. The molecule has 13 heavy (non-hydrogen) atoms. The molecular weight excluding hydrogens is 168 g/mol. The summed E-state index contributed by atoms with van der Waals surface area (Å²) >= 11 is 0. The average molecular weight is 182 g/mol. The lowest BCUT2D eigenvalue weighted by Crippen LogP contribution is -2.07. The fourth-order valence-corrected chi connectivity index (χ4v) is 1.24. The van der Waals surface area contributed by atoms with Crippen LogP contribution in [0.5, 0.6) is 0 Å². The van der Waals surface area contributed by atoms with Gasteiger partial charge in [0.05, 0.1) is 12.2 Å². The van der Waals surface area contributed by atoms with Gasteiger partial charge in [0.15, 0.2) is 0 Å². The summed E-state index contributed by atoms with van der Waals surface area (Å²) in [4.78, 5) is 11.1. The molecule has 1 aliphatic heterocycles. The van der Waals surface area contributed by atoms with E-state index in [1.54, 1.807) is 12.2 Å². The molecule has 0 saturated heterocycles. The number of carbonyl (C=O) groups is 1. The van der Waals surface area contributed by atoms with Crippen LogP contribution in [0.3, 0.4) is 0 Å². The topological polar surface area (TPSA) is 46.5 Å². The fraction of sp³-hybridized carbons (Fsp3) is 0.500. The third-order valence-electron chi connectivity index (χ3n) is 1.84. The van der Waals surface area contributed by atoms with Gasteiger partial charge in [-0.15, -0.1) is 0 Å². The number of esters is 1. The van der Waals surface area contributed by atoms with E-state index in [1.165, 1.54) is 6.08 Å². The molecule has 0 fully saturated rings. The molecule has 1 heterocycles. The highest BCUT2D eigenvalue weighted by molar-refractivity contribution is 5.93. The van der Waals surface area contributed by atoms with Crippen molar-refractivity contribution in [2.45, 2.75) is 25.9 Å². The van der Waals surface area contributed by atoms with Crippen LogP contribution in [0.2, 0.25) is 0 Å². The molecule has 1 atom stereocenters. The second kappa shape index (κ2) is 4.82. The van der Waals surface area contributed by atoms with E-state index < -0.39 is 0 Å². The maximum absolute atomic E-state index is 11.1. The Balaban J connectivity index is 2.57. The number of rotatable bonds is 4. The fourth-order valence-electron chi connectivity index (χ4n) is 1.24. The quantitative estimate of drug-likeness (QED) is 0.664. The second-order valence-corrected chi connectivity index (χ2v) is 2.94. The van der Waals surface area contributed by atoms with E-state index in [2.05, 4.69) is 0 Å². The molecule has 1 aliphatic rings. The number of aliphatic hydroxyl groups is 1. The highest BCUT2D eigenvalue weighted by Crippen LogP contribution is 2.18. The van der Waals surface area contributed by atoms with Crippen molar-refractivity contribution >= 4 is 5.97 Å². The Morgan fingerprint density at radius 1 is 1.69 bits per heavy atom. The second-order valence-electron chi connectivity index (χ2n) is 2.94. The molecule has 0 radical (unpaired) electrons. The Morgan fingerprint density at radius 2 is 2.46 bits per heavy atom. The first-order chi connectivity index (χ1) is 6.27. The maximum atomic E-state index is 11.1. The summed E-state index contributed by atoms with van der Waals surface area (Å²) in [6.45, 7) is 1.99. The van der Waals surface area contributed by atoms with Crippen LogP contribution >= 0.6 is 0 Å². The number of carbonyl (C=O) groups excluding carboxylic acids is 1. The average Bonchev–Trinajstić information content (AvgIpc) is 2.44. The Bertz CT molecular complexity index is 241. The number of hydrogen-bond donors (Lipinski definition) is 1. The third-order valence-corrected chi connectivity index (χ3v) is 1.84. The minimum atomic E-state index is -0.289. The van der Waals surface area contributed by atoms with Crippen LogP contribution in [0.4, 0.5) is 0 Å². The molecule has 0 unspecified atom stereocenters. The van der Waals surface area contributed by atoms with Gasteiger partial charge in [-0.3, -0.25) is 0 Å². The van der Waals surface area contributed by atoms with E-state index in [0.29, 0.717) is 5.57 Å². The molecule has 0 saturated carbocycles. The number of cyclic esters (lactones) is 1. The molecule has 1 rings (SSSR count). The molecule has 3 heteroatoms. The van der Waals surface area contributed by atoms with Crippen molar-refractivity contribution in [1.82, 2.24) is 0 Å². The summed E-state index contributed by atoms with van der Waals surface area (Å²) in [5, 5.41) is 8.52. The summed E-state index contributed by atoms with van der Waals surface area (Å²) in [5.41, 5.74) is 0.549. The first-order valence-electron chi connectivity index (χ1n) is 4.48. The summed E-state index contributed by atoms with van der Waals surface area (Å²) in [5.74, 6) is -0.289. The molecule has 0 aromatic rings. The van der Waals surface area contributed by atoms with Crippen LogP contribution < -0.4 is 0 Å².